The normalized spacial score (nSPS) is 11.0. The summed E-state index contributed by atoms with van der Waals surface area (Å²) in [5.74, 6) is -2.42. The molecule has 11 nitrogen and oxygen atoms in total. The molecule has 0 aliphatic carbocycles. The van der Waals surface area contributed by atoms with Crippen LogP contribution in [0.3, 0.4) is 0 Å². The molecule has 1 heterocycles. The molecule has 0 radical (unpaired) electrons. The smallest absolute Gasteiger partial charge is 0.338 e. The summed E-state index contributed by atoms with van der Waals surface area (Å²) in [7, 11) is -1.47. The number of ether oxygens (including phenoxy) is 1. The number of nitrogens with zero attached hydrogens (tertiary/aromatic N) is 2. The second kappa shape index (κ2) is 9.70. The van der Waals surface area contributed by atoms with E-state index in [4.69, 9.17) is 4.74 Å². The fourth-order valence-corrected chi connectivity index (χ4v) is 3.87. The van der Waals surface area contributed by atoms with E-state index in [2.05, 4.69) is 10.0 Å². The van der Waals surface area contributed by atoms with Crippen molar-refractivity contribution in [3.63, 3.8) is 0 Å². The van der Waals surface area contributed by atoms with Gasteiger partial charge in [0.05, 0.1) is 10.5 Å². The van der Waals surface area contributed by atoms with Crippen molar-refractivity contribution in [2.24, 2.45) is 14.1 Å². The third-order valence-corrected chi connectivity index (χ3v) is 5.98. The van der Waals surface area contributed by atoms with Crippen molar-refractivity contribution < 1.29 is 27.1 Å². The van der Waals surface area contributed by atoms with Crippen LogP contribution in [0.15, 0.2) is 69.1 Å². The third-order valence-electron chi connectivity index (χ3n) is 4.60. The summed E-state index contributed by atoms with van der Waals surface area (Å²) in [6.07, 6.45) is 0. The van der Waals surface area contributed by atoms with E-state index in [1.165, 1.54) is 44.4 Å². The Balaban J connectivity index is 1.67. The van der Waals surface area contributed by atoms with Gasteiger partial charge in [-0.25, -0.2) is 22.4 Å². The Bertz CT molecular complexity index is 1480. The van der Waals surface area contributed by atoms with Crippen LogP contribution < -0.4 is 21.3 Å². The highest BCUT2D eigenvalue weighted by Crippen LogP contribution is 2.18. The molecule has 2 N–H and O–H groups in total. The number of carbonyl (C=O) groups excluding carboxylic acids is 2. The third kappa shape index (κ3) is 5.56. The number of benzene rings is 2. The van der Waals surface area contributed by atoms with Gasteiger partial charge in [-0.2, -0.15) is 0 Å². The maximum atomic E-state index is 13.0. The van der Waals surface area contributed by atoms with Crippen molar-refractivity contribution in [2.75, 3.05) is 16.6 Å². The van der Waals surface area contributed by atoms with Crippen molar-refractivity contribution in [3.8, 4) is 0 Å². The topological polar surface area (TPSA) is 146 Å². The van der Waals surface area contributed by atoms with Gasteiger partial charge >= 0.3 is 11.7 Å². The number of esters is 1. The van der Waals surface area contributed by atoms with E-state index in [1.807, 2.05) is 0 Å². The fourth-order valence-electron chi connectivity index (χ4n) is 2.77. The highest BCUT2D eigenvalue weighted by molar-refractivity contribution is 7.92. The van der Waals surface area contributed by atoms with Crippen LogP contribution in [0.25, 0.3) is 0 Å². The first-order valence-electron chi connectivity index (χ1n) is 9.60. The van der Waals surface area contributed by atoms with E-state index in [9.17, 15) is 32.0 Å². The maximum Gasteiger partial charge on any atom is 0.338 e. The number of carbonyl (C=O) groups is 2. The molecule has 178 valence electrons. The van der Waals surface area contributed by atoms with E-state index in [1.54, 1.807) is 0 Å². The second-order valence-corrected chi connectivity index (χ2v) is 8.72. The van der Waals surface area contributed by atoms with E-state index in [0.717, 1.165) is 33.4 Å². The molecule has 0 bridgehead atoms. The van der Waals surface area contributed by atoms with Gasteiger partial charge in [0.2, 0.25) is 0 Å². The average Bonchev–Trinajstić information content (AvgIpc) is 2.81. The van der Waals surface area contributed by atoms with Crippen LogP contribution in [-0.2, 0) is 33.7 Å². The number of amides is 1. The molecular weight excluding hydrogens is 471 g/mol. The first kappa shape index (κ1) is 24.4. The molecule has 0 unspecified atom stereocenters. The van der Waals surface area contributed by atoms with E-state index >= 15 is 0 Å². The van der Waals surface area contributed by atoms with Gasteiger partial charge in [-0.1, -0.05) is 6.07 Å². The van der Waals surface area contributed by atoms with Crippen molar-refractivity contribution in [2.45, 2.75) is 4.90 Å². The number of hydrogen-bond acceptors (Lipinski definition) is 7. The SMILES string of the molecule is Cn1c(NC(=O)COC(=O)c2cccc(S(=O)(=O)Nc3ccc(F)cc3)c2)cc(=O)n(C)c1=O. The maximum absolute atomic E-state index is 13.0. The quantitative estimate of drug-likeness (QED) is 0.466. The molecule has 1 aromatic heterocycles. The highest BCUT2D eigenvalue weighted by atomic mass is 32.2. The van der Waals surface area contributed by atoms with Crippen LogP contribution in [0.5, 0.6) is 0 Å². The molecule has 34 heavy (non-hydrogen) atoms. The van der Waals surface area contributed by atoms with Gasteiger partial charge in [-0.15, -0.1) is 0 Å². The zero-order valence-electron chi connectivity index (χ0n) is 17.9. The Morgan fingerprint density at radius 2 is 1.68 bits per heavy atom. The van der Waals surface area contributed by atoms with Gasteiger partial charge < -0.3 is 10.1 Å². The van der Waals surface area contributed by atoms with E-state index < -0.39 is 45.6 Å². The molecule has 2 aromatic carbocycles. The summed E-state index contributed by atoms with van der Waals surface area (Å²) in [5.41, 5.74) is -1.32. The van der Waals surface area contributed by atoms with Gasteiger partial charge in [-0.05, 0) is 42.5 Å². The van der Waals surface area contributed by atoms with E-state index in [0.29, 0.717) is 0 Å². The minimum absolute atomic E-state index is 0.0888. The number of anilines is 2. The molecule has 3 rings (SSSR count). The Kier molecular flexibility index (Phi) is 6.96. The van der Waals surface area contributed by atoms with Gasteiger partial charge in [0, 0.05) is 25.8 Å². The lowest BCUT2D eigenvalue weighted by Crippen LogP contribution is -2.38. The zero-order chi connectivity index (χ0) is 25.0. The molecule has 0 saturated heterocycles. The van der Waals surface area contributed by atoms with Crippen molar-refractivity contribution in [1.29, 1.82) is 0 Å². The molecule has 0 aliphatic heterocycles. The lowest BCUT2D eigenvalue weighted by atomic mass is 10.2. The molecule has 13 heteroatoms. The molecule has 0 fully saturated rings. The lowest BCUT2D eigenvalue weighted by Gasteiger charge is -2.11. The standard InChI is InChI=1S/C21H19FN4O7S/c1-25-17(11-19(28)26(2)21(25)30)23-18(27)12-33-20(29)13-4-3-5-16(10-13)34(31,32)24-15-8-6-14(22)7-9-15/h3-11,24H,12H2,1-2H3,(H,23,27). The molecule has 0 aliphatic rings. The predicted octanol–water partition coefficient (Wildman–Crippen LogP) is 0.819. The van der Waals surface area contributed by atoms with Gasteiger partial charge in [0.1, 0.15) is 11.6 Å². The molecule has 0 saturated carbocycles. The Morgan fingerprint density at radius 3 is 2.35 bits per heavy atom. The lowest BCUT2D eigenvalue weighted by molar-refractivity contribution is -0.119. The summed E-state index contributed by atoms with van der Waals surface area (Å²) < 4.78 is 47.2. The van der Waals surface area contributed by atoms with Crippen molar-refractivity contribution >= 4 is 33.4 Å². The first-order chi connectivity index (χ1) is 16.0. The minimum Gasteiger partial charge on any atom is -0.452 e. The monoisotopic (exact) mass is 490 g/mol. The molecule has 0 spiro atoms. The fraction of sp³-hybridized carbons (Fsp3) is 0.143. The van der Waals surface area contributed by atoms with Crippen LogP contribution >= 0.6 is 0 Å². The molecular formula is C21H19FN4O7S. The number of nitrogens with one attached hydrogen (secondary N) is 2. The molecule has 3 aromatic rings. The summed E-state index contributed by atoms with van der Waals surface area (Å²) in [6, 6.07) is 10.6. The van der Waals surface area contributed by atoms with E-state index in [-0.39, 0.29) is 22.0 Å². The van der Waals surface area contributed by atoms with Crippen molar-refractivity contribution in [1.82, 2.24) is 9.13 Å². The highest BCUT2D eigenvalue weighted by Gasteiger charge is 2.18. The number of sulfonamides is 1. The minimum atomic E-state index is -4.09. The summed E-state index contributed by atoms with van der Waals surface area (Å²) >= 11 is 0. The summed E-state index contributed by atoms with van der Waals surface area (Å²) in [6.45, 7) is -0.757. The molecule has 1 amide bonds. The zero-order valence-corrected chi connectivity index (χ0v) is 18.8. The van der Waals surface area contributed by atoms with Crippen molar-refractivity contribution in [3.05, 3.63) is 86.8 Å². The molecule has 0 atom stereocenters. The van der Waals surface area contributed by atoms with Gasteiger partial charge in [-0.3, -0.25) is 23.4 Å². The Morgan fingerprint density at radius 1 is 1.00 bits per heavy atom. The first-order valence-corrected chi connectivity index (χ1v) is 11.1. The van der Waals surface area contributed by atoms with Crippen LogP contribution in [0.2, 0.25) is 0 Å². The summed E-state index contributed by atoms with van der Waals surface area (Å²) in [4.78, 5) is 47.8. The van der Waals surface area contributed by atoms with Crippen LogP contribution in [0.4, 0.5) is 15.9 Å². The Hall–Kier alpha value is -4.26. The predicted molar refractivity (Wildman–Crippen MR) is 119 cm³/mol. The number of halogens is 1. The number of hydrogen-bond donors (Lipinski definition) is 2. The largest absolute Gasteiger partial charge is 0.452 e. The van der Waals surface area contributed by atoms with Gasteiger partial charge in [0.25, 0.3) is 21.5 Å². The van der Waals surface area contributed by atoms with Crippen LogP contribution in [0, 0.1) is 5.82 Å². The van der Waals surface area contributed by atoms with Gasteiger partial charge in [0.15, 0.2) is 6.61 Å². The average molecular weight is 490 g/mol. The second-order valence-electron chi connectivity index (χ2n) is 7.03. The van der Waals surface area contributed by atoms with Crippen LogP contribution in [0.1, 0.15) is 10.4 Å². The number of rotatable bonds is 7. The summed E-state index contributed by atoms with van der Waals surface area (Å²) in [5, 5.41) is 2.29. The van der Waals surface area contributed by atoms with Crippen LogP contribution in [-0.4, -0.2) is 36.0 Å². The number of aromatic nitrogens is 2. The Labute approximate surface area is 192 Å².